The summed E-state index contributed by atoms with van der Waals surface area (Å²) in [5.74, 6) is 0. The Morgan fingerprint density at radius 2 is 2.24 bits per heavy atom. The predicted molar refractivity (Wildman–Crippen MR) is 71.4 cm³/mol. The minimum absolute atomic E-state index is 0.532. The second-order valence-corrected chi connectivity index (χ2v) is 4.70. The molecule has 0 fully saturated rings. The van der Waals surface area contributed by atoms with E-state index in [-0.39, 0.29) is 0 Å². The molecule has 1 N–H and O–H groups in total. The smallest absolute Gasteiger partial charge is 0.0479 e. The zero-order valence-corrected chi connectivity index (χ0v) is 10.8. The molecule has 2 rings (SSSR count). The molecule has 1 aromatic rings. The second-order valence-electron chi connectivity index (χ2n) is 4.70. The van der Waals surface area contributed by atoms with Gasteiger partial charge in [0.25, 0.3) is 0 Å². The van der Waals surface area contributed by atoms with E-state index in [1.165, 1.54) is 11.3 Å². The molecule has 3 heteroatoms. The maximum atomic E-state index is 5.14. The Bertz CT molecular complexity index is 354. The monoisotopic (exact) mass is 234 g/mol. The maximum absolute atomic E-state index is 5.14. The summed E-state index contributed by atoms with van der Waals surface area (Å²) in [4.78, 5) is 2.47. The molecular formula is C14H22N2O. The van der Waals surface area contributed by atoms with Gasteiger partial charge in [0.2, 0.25) is 0 Å². The SMILES string of the molecule is COCCCN1CC(C)NCc2ccccc21. The van der Waals surface area contributed by atoms with Crippen molar-refractivity contribution in [2.75, 3.05) is 31.7 Å². The molecule has 0 aliphatic carbocycles. The van der Waals surface area contributed by atoms with Crippen LogP contribution in [0.5, 0.6) is 0 Å². The summed E-state index contributed by atoms with van der Waals surface area (Å²) in [7, 11) is 1.76. The van der Waals surface area contributed by atoms with Crippen molar-refractivity contribution in [3.63, 3.8) is 0 Å². The van der Waals surface area contributed by atoms with E-state index in [1.807, 2.05) is 0 Å². The number of para-hydroxylation sites is 1. The van der Waals surface area contributed by atoms with Crippen molar-refractivity contribution in [2.24, 2.45) is 0 Å². The highest BCUT2D eigenvalue weighted by Crippen LogP contribution is 2.23. The molecule has 0 spiro atoms. The molecule has 3 nitrogen and oxygen atoms in total. The molecule has 0 bridgehead atoms. The van der Waals surface area contributed by atoms with Crippen molar-refractivity contribution in [2.45, 2.75) is 25.9 Å². The van der Waals surface area contributed by atoms with Crippen molar-refractivity contribution in [3.8, 4) is 0 Å². The maximum Gasteiger partial charge on any atom is 0.0479 e. The third kappa shape index (κ3) is 3.20. The van der Waals surface area contributed by atoms with E-state index >= 15 is 0 Å². The molecule has 17 heavy (non-hydrogen) atoms. The van der Waals surface area contributed by atoms with Gasteiger partial charge in [0.15, 0.2) is 0 Å². The van der Waals surface area contributed by atoms with Crippen LogP contribution >= 0.6 is 0 Å². The summed E-state index contributed by atoms with van der Waals surface area (Å²) in [5, 5.41) is 3.55. The first-order chi connectivity index (χ1) is 8.31. The van der Waals surface area contributed by atoms with Crippen LogP contribution in [-0.2, 0) is 11.3 Å². The van der Waals surface area contributed by atoms with Crippen LogP contribution in [0.3, 0.4) is 0 Å². The molecule has 1 aliphatic rings. The molecule has 0 saturated heterocycles. The Balaban J connectivity index is 2.11. The van der Waals surface area contributed by atoms with Gasteiger partial charge in [-0.2, -0.15) is 0 Å². The van der Waals surface area contributed by atoms with Crippen molar-refractivity contribution >= 4 is 5.69 Å². The molecule has 1 unspecified atom stereocenters. The van der Waals surface area contributed by atoms with E-state index in [4.69, 9.17) is 4.74 Å². The Morgan fingerprint density at radius 1 is 1.41 bits per heavy atom. The summed E-state index contributed by atoms with van der Waals surface area (Å²) in [6.07, 6.45) is 1.08. The van der Waals surface area contributed by atoms with Gasteiger partial charge in [-0.05, 0) is 25.0 Å². The van der Waals surface area contributed by atoms with Crippen molar-refractivity contribution in [3.05, 3.63) is 29.8 Å². The fourth-order valence-electron chi connectivity index (χ4n) is 2.36. The van der Waals surface area contributed by atoms with Crippen LogP contribution in [0.1, 0.15) is 18.9 Å². The topological polar surface area (TPSA) is 24.5 Å². The van der Waals surface area contributed by atoms with Crippen LogP contribution in [0, 0.1) is 0 Å². The fraction of sp³-hybridized carbons (Fsp3) is 0.571. The van der Waals surface area contributed by atoms with Crippen LogP contribution in [0.25, 0.3) is 0 Å². The number of hydrogen-bond acceptors (Lipinski definition) is 3. The fourth-order valence-corrected chi connectivity index (χ4v) is 2.36. The minimum Gasteiger partial charge on any atom is -0.385 e. The van der Waals surface area contributed by atoms with Gasteiger partial charge in [-0.3, -0.25) is 0 Å². The Hall–Kier alpha value is -1.06. The highest BCUT2D eigenvalue weighted by molar-refractivity contribution is 5.54. The summed E-state index contributed by atoms with van der Waals surface area (Å²) in [6.45, 7) is 6.19. The largest absolute Gasteiger partial charge is 0.385 e. The Labute approximate surface area is 104 Å². The van der Waals surface area contributed by atoms with Gasteiger partial charge in [0.05, 0.1) is 0 Å². The van der Waals surface area contributed by atoms with Gasteiger partial charge < -0.3 is 15.0 Å². The van der Waals surface area contributed by atoms with Gasteiger partial charge in [-0.25, -0.2) is 0 Å². The van der Waals surface area contributed by atoms with E-state index in [9.17, 15) is 0 Å². The third-order valence-corrected chi connectivity index (χ3v) is 3.24. The van der Waals surface area contributed by atoms with Gasteiger partial charge in [0.1, 0.15) is 0 Å². The number of benzene rings is 1. The minimum atomic E-state index is 0.532. The van der Waals surface area contributed by atoms with E-state index in [0.29, 0.717) is 6.04 Å². The molecule has 1 atom stereocenters. The van der Waals surface area contributed by atoms with Gasteiger partial charge >= 0.3 is 0 Å². The molecule has 94 valence electrons. The van der Waals surface area contributed by atoms with Crippen LogP contribution in [0.2, 0.25) is 0 Å². The Kier molecular flexibility index (Phi) is 4.40. The van der Waals surface area contributed by atoms with Crippen molar-refractivity contribution < 1.29 is 4.74 Å². The second kappa shape index (κ2) is 6.03. The van der Waals surface area contributed by atoms with Crippen LogP contribution in [0.15, 0.2) is 24.3 Å². The van der Waals surface area contributed by atoms with Gasteiger partial charge in [0, 0.05) is 45.1 Å². The summed E-state index contributed by atoms with van der Waals surface area (Å²) in [6, 6.07) is 9.21. The summed E-state index contributed by atoms with van der Waals surface area (Å²) < 4.78 is 5.14. The molecular weight excluding hydrogens is 212 g/mol. The lowest BCUT2D eigenvalue weighted by Gasteiger charge is -2.26. The molecule has 0 amide bonds. The zero-order valence-electron chi connectivity index (χ0n) is 10.8. The summed E-state index contributed by atoms with van der Waals surface area (Å²) >= 11 is 0. The number of hydrogen-bond donors (Lipinski definition) is 1. The lowest BCUT2D eigenvalue weighted by molar-refractivity contribution is 0.196. The van der Waals surface area contributed by atoms with Gasteiger partial charge in [-0.15, -0.1) is 0 Å². The number of nitrogens with zero attached hydrogens (tertiary/aromatic N) is 1. The molecule has 1 heterocycles. The number of ether oxygens (including phenoxy) is 1. The highest BCUT2D eigenvalue weighted by atomic mass is 16.5. The van der Waals surface area contributed by atoms with Gasteiger partial charge in [-0.1, -0.05) is 18.2 Å². The predicted octanol–water partition coefficient (Wildman–Crippen LogP) is 2.02. The van der Waals surface area contributed by atoms with E-state index < -0.39 is 0 Å². The van der Waals surface area contributed by atoms with Crippen LogP contribution in [0.4, 0.5) is 5.69 Å². The lowest BCUT2D eigenvalue weighted by atomic mass is 10.1. The number of anilines is 1. The number of methoxy groups -OCH3 is 1. The quantitative estimate of drug-likeness (QED) is 0.807. The first-order valence-electron chi connectivity index (χ1n) is 6.36. The first kappa shape index (κ1) is 12.4. The molecule has 0 saturated carbocycles. The number of rotatable bonds is 4. The lowest BCUT2D eigenvalue weighted by Crippen LogP contribution is -2.36. The number of nitrogens with one attached hydrogen (secondary N) is 1. The molecule has 0 radical (unpaired) electrons. The average molecular weight is 234 g/mol. The molecule has 1 aliphatic heterocycles. The Morgan fingerprint density at radius 3 is 3.06 bits per heavy atom. The highest BCUT2D eigenvalue weighted by Gasteiger charge is 2.17. The number of fused-ring (bicyclic) bond motifs is 1. The van der Waals surface area contributed by atoms with Crippen molar-refractivity contribution in [1.29, 1.82) is 0 Å². The van der Waals surface area contributed by atoms with E-state index in [1.54, 1.807) is 7.11 Å². The van der Waals surface area contributed by atoms with E-state index in [2.05, 4.69) is 41.4 Å². The standard InChI is InChI=1S/C14H22N2O/c1-12-11-16(8-5-9-17-2)14-7-4-3-6-13(14)10-15-12/h3-4,6-7,12,15H,5,8-11H2,1-2H3. The van der Waals surface area contributed by atoms with E-state index in [0.717, 1.165) is 32.7 Å². The molecule has 0 aromatic heterocycles. The molecule has 1 aromatic carbocycles. The normalized spacial score (nSPS) is 19.9. The zero-order chi connectivity index (χ0) is 12.1. The van der Waals surface area contributed by atoms with Crippen LogP contribution < -0.4 is 10.2 Å². The van der Waals surface area contributed by atoms with Crippen molar-refractivity contribution in [1.82, 2.24) is 5.32 Å². The summed E-state index contributed by atoms with van der Waals surface area (Å²) in [5.41, 5.74) is 2.77. The average Bonchev–Trinajstić information content (AvgIpc) is 2.50. The van der Waals surface area contributed by atoms with Crippen LogP contribution in [-0.4, -0.2) is 32.8 Å². The third-order valence-electron chi connectivity index (χ3n) is 3.24. The first-order valence-corrected chi connectivity index (χ1v) is 6.36.